The third-order valence-electron chi connectivity index (χ3n) is 5.47. The van der Waals surface area contributed by atoms with E-state index in [0.29, 0.717) is 6.54 Å². The number of nitrogens with two attached hydrogens (primary N) is 1. The SMILES string of the molecule is Cl.NC1CCCC(C(=O)NCc2cccc(NC(=O)C3CCCC3)c2)C1. The molecule has 0 spiro atoms. The molecule has 2 aliphatic carbocycles. The van der Waals surface area contributed by atoms with Gasteiger partial charge in [0, 0.05) is 30.1 Å². The van der Waals surface area contributed by atoms with Gasteiger partial charge >= 0.3 is 0 Å². The third kappa shape index (κ3) is 5.71. The first kappa shape index (κ1) is 20.7. The molecule has 0 aliphatic heterocycles. The van der Waals surface area contributed by atoms with Gasteiger partial charge in [0.15, 0.2) is 0 Å². The molecule has 2 atom stereocenters. The largest absolute Gasteiger partial charge is 0.352 e. The molecule has 2 fully saturated rings. The molecule has 0 bridgehead atoms. The van der Waals surface area contributed by atoms with Crippen molar-refractivity contribution >= 4 is 29.9 Å². The summed E-state index contributed by atoms with van der Waals surface area (Å²) in [6.45, 7) is 0.484. The van der Waals surface area contributed by atoms with Gasteiger partial charge in [-0.1, -0.05) is 31.4 Å². The normalized spacial score (nSPS) is 23.1. The summed E-state index contributed by atoms with van der Waals surface area (Å²) in [6.07, 6.45) is 8.04. The van der Waals surface area contributed by atoms with Crippen LogP contribution in [0.1, 0.15) is 56.9 Å². The molecule has 2 aliphatic rings. The van der Waals surface area contributed by atoms with E-state index in [1.54, 1.807) is 0 Å². The van der Waals surface area contributed by atoms with E-state index < -0.39 is 0 Å². The Balaban J connectivity index is 0.00000243. The number of amides is 2. The summed E-state index contributed by atoms with van der Waals surface area (Å²) in [4.78, 5) is 24.6. The molecule has 2 saturated carbocycles. The van der Waals surface area contributed by atoms with Crippen LogP contribution in [0.25, 0.3) is 0 Å². The summed E-state index contributed by atoms with van der Waals surface area (Å²) in [6, 6.07) is 7.89. The Morgan fingerprint density at radius 1 is 1.00 bits per heavy atom. The van der Waals surface area contributed by atoms with Crippen LogP contribution in [0, 0.1) is 11.8 Å². The van der Waals surface area contributed by atoms with Crippen LogP contribution in [0.2, 0.25) is 0 Å². The van der Waals surface area contributed by atoms with Crippen molar-refractivity contribution in [2.75, 3.05) is 5.32 Å². The summed E-state index contributed by atoms with van der Waals surface area (Å²) in [5.74, 6) is 0.401. The van der Waals surface area contributed by atoms with Crippen molar-refractivity contribution in [3.63, 3.8) is 0 Å². The highest BCUT2D eigenvalue weighted by molar-refractivity contribution is 5.92. The van der Waals surface area contributed by atoms with E-state index in [4.69, 9.17) is 5.73 Å². The van der Waals surface area contributed by atoms with Crippen LogP contribution in [0.5, 0.6) is 0 Å². The van der Waals surface area contributed by atoms with E-state index in [0.717, 1.165) is 62.6 Å². The van der Waals surface area contributed by atoms with E-state index in [-0.39, 0.29) is 42.1 Å². The molecule has 2 amide bonds. The molecular formula is C20H30ClN3O2. The van der Waals surface area contributed by atoms with E-state index in [1.165, 1.54) is 0 Å². The van der Waals surface area contributed by atoms with Gasteiger partial charge in [-0.3, -0.25) is 9.59 Å². The molecule has 1 aromatic rings. The lowest BCUT2D eigenvalue weighted by atomic mass is 9.85. The second-order valence-electron chi connectivity index (χ2n) is 7.51. The van der Waals surface area contributed by atoms with Crippen molar-refractivity contribution in [1.29, 1.82) is 0 Å². The molecule has 0 heterocycles. The molecule has 144 valence electrons. The quantitative estimate of drug-likeness (QED) is 0.733. The van der Waals surface area contributed by atoms with Crippen LogP contribution in [0.4, 0.5) is 5.69 Å². The first-order valence-corrected chi connectivity index (χ1v) is 9.55. The minimum atomic E-state index is 0. The van der Waals surface area contributed by atoms with Gasteiger partial charge in [0.1, 0.15) is 0 Å². The van der Waals surface area contributed by atoms with Gasteiger partial charge in [0.2, 0.25) is 11.8 Å². The predicted molar refractivity (Wildman–Crippen MR) is 106 cm³/mol. The van der Waals surface area contributed by atoms with Crippen LogP contribution in [-0.2, 0) is 16.1 Å². The maximum atomic E-state index is 12.3. The van der Waals surface area contributed by atoms with Gasteiger partial charge in [-0.05, 0) is 49.8 Å². The van der Waals surface area contributed by atoms with E-state index >= 15 is 0 Å². The molecule has 26 heavy (non-hydrogen) atoms. The Morgan fingerprint density at radius 2 is 1.73 bits per heavy atom. The van der Waals surface area contributed by atoms with Crippen molar-refractivity contribution in [2.45, 2.75) is 64.0 Å². The molecule has 1 aromatic carbocycles. The van der Waals surface area contributed by atoms with Crippen molar-refractivity contribution in [1.82, 2.24) is 5.32 Å². The fraction of sp³-hybridized carbons (Fsp3) is 0.600. The summed E-state index contributed by atoms with van der Waals surface area (Å²) >= 11 is 0. The van der Waals surface area contributed by atoms with Gasteiger partial charge < -0.3 is 16.4 Å². The summed E-state index contributed by atoms with van der Waals surface area (Å²) < 4.78 is 0. The van der Waals surface area contributed by atoms with Gasteiger partial charge in [0.05, 0.1) is 0 Å². The average molecular weight is 380 g/mol. The first-order chi connectivity index (χ1) is 12.1. The standard InChI is InChI=1S/C20H29N3O2.ClH/c21-17-9-4-8-16(12-17)19(24)22-13-14-5-3-10-18(11-14)23-20(25)15-6-1-2-7-15;/h3,5,10-11,15-17H,1-2,4,6-9,12-13,21H2,(H,22,24)(H,23,25);1H. The van der Waals surface area contributed by atoms with Gasteiger partial charge in [-0.15, -0.1) is 12.4 Å². The number of nitrogens with one attached hydrogen (secondary N) is 2. The molecule has 3 rings (SSSR count). The molecule has 5 nitrogen and oxygen atoms in total. The molecule has 4 N–H and O–H groups in total. The smallest absolute Gasteiger partial charge is 0.227 e. The van der Waals surface area contributed by atoms with Gasteiger partial charge in [-0.2, -0.15) is 0 Å². The zero-order valence-corrected chi connectivity index (χ0v) is 16.0. The number of anilines is 1. The maximum Gasteiger partial charge on any atom is 0.227 e. The highest BCUT2D eigenvalue weighted by atomic mass is 35.5. The van der Waals surface area contributed by atoms with Crippen molar-refractivity contribution < 1.29 is 9.59 Å². The lowest BCUT2D eigenvalue weighted by Crippen LogP contribution is -2.37. The lowest BCUT2D eigenvalue weighted by molar-refractivity contribution is -0.126. The predicted octanol–water partition coefficient (Wildman–Crippen LogP) is 3.37. The van der Waals surface area contributed by atoms with Crippen LogP contribution < -0.4 is 16.4 Å². The van der Waals surface area contributed by atoms with Crippen LogP contribution in [-0.4, -0.2) is 17.9 Å². The van der Waals surface area contributed by atoms with Crippen molar-refractivity contribution in [2.24, 2.45) is 17.6 Å². The number of carbonyl (C=O) groups excluding carboxylic acids is 2. The van der Waals surface area contributed by atoms with Crippen LogP contribution >= 0.6 is 12.4 Å². The molecular weight excluding hydrogens is 350 g/mol. The fourth-order valence-electron chi connectivity index (χ4n) is 3.99. The monoisotopic (exact) mass is 379 g/mol. The Bertz CT molecular complexity index is 617. The lowest BCUT2D eigenvalue weighted by Gasteiger charge is -2.25. The van der Waals surface area contributed by atoms with Gasteiger partial charge in [0.25, 0.3) is 0 Å². The first-order valence-electron chi connectivity index (χ1n) is 9.55. The summed E-state index contributed by atoms with van der Waals surface area (Å²) in [5, 5.41) is 6.03. The third-order valence-corrected chi connectivity index (χ3v) is 5.47. The molecule has 0 aromatic heterocycles. The van der Waals surface area contributed by atoms with Crippen LogP contribution in [0.15, 0.2) is 24.3 Å². The number of rotatable bonds is 5. The highest BCUT2D eigenvalue weighted by Crippen LogP contribution is 2.26. The summed E-state index contributed by atoms with van der Waals surface area (Å²) in [7, 11) is 0. The van der Waals surface area contributed by atoms with E-state index in [1.807, 2.05) is 24.3 Å². The molecule has 6 heteroatoms. The molecule has 0 saturated heterocycles. The van der Waals surface area contributed by atoms with Crippen LogP contribution in [0.3, 0.4) is 0 Å². The second kappa shape index (κ2) is 9.93. The van der Waals surface area contributed by atoms with Gasteiger partial charge in [-0.25, -0.2) is 0 Å². The second-order valence-corrected chi connectivity index (χ2v) is 7.51. The number of carbonyl (C=O) groups is 2. The Kier molecular flexibility index (Phi) is 7.91. The minimum absolute atomic E-state index is 0. The van der Waals surface area contributed by atoms with Crippen molar-refractivity contribution in [3.05, 3.63) is 29.8 Å². The fourth-order valence-corrected chi connectivity index (χ4v) is 3.99. The number of halogens is 1. The minimum Gasteiger partial charge on any atom is -0.352 e. The average Bonchev–Trinajstić information content (AvgIpc) is 3.15. The number of hydrogen-bond donors (Lipinski definition) is 3. The highest BCUT2D eigenvalue weighted by Gasteiger charge is 2.25. The topological polar surface area (TPSA) is 84.2 Å². The zero-order chi connectivity index (χ0) is 17.6. The van der Waals surface area contributed by atoms with Crippen molar-refractivity contribution in [3.8, 4) is 0 Å². The Hall–Kier alpha value is -1.59. The number of benzene rings is 1. The molecule has 0 radical (unpaired) electrons. The number of hydrogen-bond acceptors (Lipinski definition) is 3. The zero-order valence-electron chi connectivity index (χ0n) is 15.2. The van der Waals surface area contributed by atoms with E-state index in [2.05, 4.69) is 10.6 Å². The Morgan fingerprint density at radius 3 is 2.46 bits per heavy atom. The molecule has 2 unspecified atom stereocenters. The summed E-state index contributed by atoms with van der Waals surface area (Å²) in [5.41, 5.74) is 7.77. The maximum absolute atomic E-state index is 12.3. The van der Waals surface area contributed by atoms with E-state index in [9.17, 15) is 9.59 Å². The Labute approximate surface area is 161 Å².